The van der Waals surface area contributed by atoms with Gasteiger partial charge in [0.2, 0.25) is 0 Å². The summed E-state index contributed by atoms with van der Waals surface area (Å²) < 4.78 is 15.8. The number of carboxylic acids is 1. The Morgan fingerprint density at radius 1 is 0.562 bits per heavy atom. The number of pyridine rings is 4. The second kappa shape index (κ2) is 29.6. The number of anilines is 2. The number of nitrogens with one attached hydrogen (secondary N) is 2. The van der Waals surface area contributed by atoms with Crippen LogP contribution in [0.2, 0.25) is 0 Å². The Bertz CT molecular complexity index is 2640. The maximum Gasteiger partial charge on any atom is 0.328 e. The molecular weight excluding hydrogens is 917 g/mol. The number of unbranched alkanes of at least 4 members (excludes halogenated alkanes) is 2. The summed E-state index contributed by atoms with van der Waals surface area (Å²) in [6.07, 6.45) is 20.5. The molecule has 0 radical (unpaired) electrons. The molecule has 0 bridgehead atoms. The Morgan fingerprint density at radius 3 is 1.51 bits per heavy atom. The minimum Gasteiger partial charge on any atom is -0.480 e. The zero-order valence-corrected chi connectivity index (χ0v) is 43.5. The van der Waals surface area contributed by atoms with Crippen molar-refractivity contribution in [2.75, 3.05) is 84.4 Å². The number of aromatic nitrogens is 4. The second-order valence-corrected chi connectivity index (χ2v) is 19.4. The number of carbonyl (C=O) groups excluding carboxylic acids is 1. The average Bonchev–Trinajstić information content (AvgIpc) is 3.43. The van der Waals surface area contributed by atoms with Crippen LogP contribution in [0.25, 0.3) is 21.5 Å². The van der Waals surface area contributed by atoms with Crippen molar-refractivity contribution in [1.29, 1.82) is 0 Å². The fraction of sp³-hybridized carbons (Fsp3) is 0.492. The van der Waals surface area contributed by atoms with Crippen LogP contribution in [0.3, 0.4) is 0 Å². The third-order valence-electron chi connectivity index (χ3n) is 14.2. The number of ether oxygens (including phenoxy) is 3. The van der Waals surface area contributed by atoms with E-state index in [9.17, 15) is 14.7 Å². The van der Waals surface area contributed by atoms with Gasteiger partial charge in [-0.25, -0.2) is 19.6 Å². The van der Waals surface area contributed by atoms with Crippen molar-refractivity contribution in [2.24, 2.45) is 0 Å². The van der Waals surface area contributed by atoms with Gasteiger partial charge in [-0.15, -0.1) is 0 Å². The predicted molar refractivity (Wildman–Crippen MR) is 291 cm³/mol. The fourth-order valence-electron chi connectivity index (χ4n) is 10.00. The van der Waals surface area contributed by atoms with Crippen molar-refractivity contribution >= 4 is 45.1 Å². The first-order valence-corrected chi connectivity index (χ1v) is 26.7. The molecule has 8 rings (SSSR count). The lowest BCUT2D eigenvalue weighted by molar-refractivity contribution is -0.142. The molecule has 73 heavy (non-hydrogen) atoms. The van der Waals surface area contributed by atoms with Crippen molar-refractivity contribution in [2.45, 2.75) is 115 Å². The third kappa shape index (κ3) is 17.0. The SMILES string of the molecule is COCCN(CCCCc1ccc2c(n1)CCCC2)CC[C@H](Nc1nccc2ccccc12)C(=O)O.COCCN(CCCCc1ccc2c(n1)CCCC2)CC[C@H](Nc1nccc2ccccc12)C(=O)OC. The van der Waals surface area contributed by atoms with Crippen molar-refractivity contribution in [3.05, 3.63) is 131 Å². The van der Waals surface area contributed by atoms with Crippen molar-refractivity contribution in [3.8, 4) is 0 Å². The summed E-state index contributed by atoms with van der Waals surface area (Å²) in [4.78, 5) is 48.1. The second-order valence-electron chi connectivity index (χ2n) is 19.4. The number of esters is 1. The van der Waals surface area contributed by atoms with E-state index in [4.69, 9.17) is 24.2 Å². The maximum absolute atomic E-state index is 12.6. The van der Waals surface area contributed by atoms with E-state index < -0.39 is 18.1 Å². The molecule has 4 heterocycles. The number of nitrogens with zero attached hydrogens (tertiary/aromatic N) is 6. The fourth-order valence-corrected chi connectivity index (χ4v) is 10.00. The predicted octanol–water partition coefficient (Wildman–Crippen LogP) is 9.56. The summed E-state index contributed by atoms with van der Waals surface area (Å²) in [6.45, 7) is 6.20. The van der Waals surface area contributed by atoms with Gasteiger partial charge in [0.15, 0.2) is 0 Å². The van der Waals surface area contributed by atoms with Crippen LogP contribution in [0, 0.1) is 0 Å². The minimum absolute atomic E-state index is 0.278. The molecule has 0 fully saturated rings. The van der Waals surface area contributed by atoms with Crippen LogP contribution in [0.4, 0.5) is 11.6 Å². The van der Waals surface area contributed by atoms with Gasteiger partial charge in [0.05, 0.1) is 20.3 Å². The smallest absolute Gasteiger partial charge is 0.328 e. The molecule has 6 aromatic rings. The van der Waals surface area contributed by atoms with Crippen molar-refractivity contribution in [3.63, 3.8) is 0 Å². The van der Waals surface area contributed by atoms with Crippen LogP contribution in [-0.4, -0.2) is 133 Å². The normalized spacial score (nSPS) is 14.0. The molecule has 0 saturated heterocycles. The summed E-state index contributed by atoms with van der Waals surface area (Å²) in [7, 11) is 4.86. The average molecular weight is 995 g/mol. The molecule has 14 nitrogen and oxygen atoms in total. The maximum atomic E-state index is 12.6. The zero-order chi connectivity index (χ0) is 51.0. The first-order valence-electron chi connectivity index (χ1n) is 26.7. The van der Waals surface area contributed by atoms with Crippen LogP contribution in [0.5, 0.6) is 0 Å². The number of benzene rings is 2. The molecule has 0 spiro atoms. The van der Waals surface area contributed by atoms with E-state index in [1.807, 2.05) is 60.7 Å². The van der Waals surface area contributed by atoms with Gasteiger partial charge in [0.25, 0.3) is 0 Å². The molecule has 390 valence electrons. The highest BCUT2D eigenvalue weighted by molar-refractivity contribution is 5.94. The number of fused-ring (bicyclic) bond motifs is 4. The number of rotatable bonds is 28. The van der Waals surface area contributed by atoms with Crippen molar-refractivity contribution < 1.29 is 28.9 Å². The van der Waals surface area contributed by atoms with Crippen LogP contribution in [-0.2, 0) is 62.3 Å². The lowest BCUT2D eigenvalue weighted by atomic mass is 9.95. The van der Waals surface area contributed by atoms with E-state index in [1.165, 1.54) is 79.5 Å². The zero-order valence-electron chi connectivity index (χ0n) is 43.5. The standard InChI is InChI=1S/C30H40N4O3.C29H38N4O3/c1-36-22-21-34(19-8-7-11-25-15-14-24-10-4-6-13-27(24)32-25)20-17-28(30(35)37-2)33-29-26-12-5-3-9-23(26)16-18-31-29;1-36-21-20-33(18-7-6-10-24-14-13-23-9-3-5-12-26(23)31-24)19-16-27(29(34)35)32-28-25-11-4-2-8-22(25)15-17-30-28/h3,5,9,12,14-16,18,28H,4,6-8,10-11,13,17,19-22H2,1-2H3,(H,31,33);2,4,8,11,13-15,17,27H,3,5-7,9-10,12,16,18-21H2,1H3,(H,30,32)(H,34,35)/t28-;27-/m00/s1. The number of carboxylic acid groups (broad SMARTS) is 1. The van der Waals surface area contributed by atoms with Gasteiger partial charge >= 0.3 is 11.9 Å². The Labute approximate surface area is 432 Å². The Morgan fingerprint density at radius 2 is 1.03 bits per heavy atom. The quantitative estimate of drug-likeness (QED) is 0.0314. The van der Waals surface area contributed by atoms with Crippen LogP contribution >= 0.6 is 0 Å². The summed E-state index contributed by atoms with van der Waals surface area (Å²) in [5, 5.41) is 20.4. The number of hydrogen-bond donors (Lipinski definition) is 3. The monoisotopic (exact) mass is 995 g/mol. The molecule has 2 atom stereocenters. The van der Waals surface area contributed by atoms with Gasteiger partial charge < -0.3 is 39.8 Å². The lowest BCUT2D eigenvalue weighted by Crippen LogP contribution is -2.37. The third-order valence-corrected chi connectivity index (χ3v) is 14.2. The number of aryl methyl sites for hydroxylation is 6. The molecule has 0 aliphatic heterocycles. The van der Waals surface area contributed by atoms with Gasteiger partial charge in [-0.1, -0.05) is 60.7 Å². The van der Waals surface area contributed by atoms with Crippen LogP contribution in [0.1, 0.15) is 98.1 Å². The summed E-state index contributed by atoms with van der Waals surface area (Å²) >= 11 is 0. The highest BCUT2D eigenvalue weighted by atomic mass is 16.5. The van der Waals surface area contributed by atoms with Gasteiger partial charge in [-0.3, -0.25) is 9.97 Å². The highest BCUT2D eigenvalue weighted by Crippen LogP contribution is 2.25. The molecule has 0 saturated carbocycles. The molecular formula is C59H78N8O6. The first kappa shape index (κ1) is 54.7. The van der Waals surface area contributed by atoms with E-state index in [0.717, 1.165) is 106 Å². The number of methoxy groups -OCH3 is 3. The number of carbonyl (C=O) groups is 2. The molecule has 0 unspecified atom stereocenters. The molecule has 14 heteroatoms. The molecule has 4 aromatic heterocycles. The molecule has 3 N–H and O–H groups in total. The highest BCUT2D eigenvalue weighted by Gasteiger charge is 2.23. The molecule has 2 aromatic carbocycles. The van der Waals surface area contributed by atoms with Gasteiger partial charge in [-0.2, -0.15) is 0 Å². The largest absolute Gasteiger partial charge is 0.480 e. The van der Waals surface area contributed by atoms with Crippen LogP contribution < -0.4 is 10.6 Å². The van der Waals surface area contributed by atoms with E-state index in [-0.39, 0.29) is 5.97 Å². The summed E-state index contributed by atoms with van der Waals surface area (Å²) in [5.74, 6) is 0.172. The summed E-state index contributed by atoms with van der Waals surface area (Å²) in [5.41, 5.74) is 7.88. The van der Waals surface area contributed by atoms with E-state index in [0.29, 0.717) is 44.2 Å². The van der Waals surface area contributed by atoms with Gasteiger partial charge in [0.1, 0.15) is 23.7 Å². The first-order chi connectivity index (χ1) is 35.8. The van der Waals surface area contributed by atoms with Crippen molar-refractivity contribution in [1.82, 2.24) is 29.7 Å². The van der Waals surface area contributed by atoms with E-state index in [1.54, 1.807) is 26.6 Å². The Hall–Kier alpha value is -6.06. The lowest BCUT2D eigenvalue weighted by Gasteiger charge is -2.25. The Kier molecular flexibility index (Phi) is 22.2. The van der Waals surface area contributed by atoms with Crippen LogP contribution in [0.15, 0.2) is 97.3 Å². The molecule has 2 aliphatic rings. The molecule has 0 amide bonds. The topological polar surface area (TPSA) is 164 Å². The number of hydrogen-bond acceptors (Lipinski definition) is 13. The minimum atomic E-state index is -0.866. The van der Waals surface area contributed by atoms with Gasteiger partial charge in [0, 0.05) is 86.3 Å². The van der Waals surface area contributed by atoms with Gasteiger partial charge in [-0.05, 0) is 162 Å². The summed E-state index contributed by atoms with van der Waals surface area (Å²) in [6, 6.07) is 27.6. The van der Waals surface area contributed by atoms with E-state index >= 15 is 0 Å². The molecule has 2 aliphatic carbocycles. The number of aliphatic carboxylic acids is 1. The van der Waals surface area contributed by atoms with E-state index in [2.05, 4.69) is 54.7 Å². The Balaban J connectivity index is 0.000000214.